The number of benzene rings is 2. The summed E-state index contributed by atoms with van der Waals surface area (Å²) in [6.07, 6.45) is 0. The lowest BCUT2D eigenvalue weighted by Crippen LogP contribution is -2.22. The number of amides is 2. The number of halogens is 2. The Hall–Kier alpha value is -2.77. The highest BCUT2D eigenvalue weighted by molar-refractivity contribution is 7.17. The maximum Gasteiger partial charge on any atom is 0.263 e. The van der Waals surface area contributed by atoms with Crippen molar-refractivity contribution < 1.29 is 14.0 Å². The van der Waals surface area contributed by atoms with Crippen LogP contribution in [0.1, 0.15) is 31.3 Å². The van der Waals surface area contributed by atoms with Gasteiger partial charge in [-0.3, -0.25) is 14.9 Å². The molecule has 0 fully saturated rings. The van der Waals surface area contributed by atoms with Gasteiger partial charge in [-0.05, 0) is 30.7 Å². The molecule has 1 heterocycles. The number of hydrogen-bond donors (Lipinski definition) is 2. The minimum Gasteiger partial charge on any atom is -0.347 e. The van der Waals surface area contributed by atoms with Crippen molar-refractivity contribution in [1.29, 1.82) is 0 Å². The smallest absolute Gasteiger partial charge is 0.263 e. The van der Waals surface area contributed by atoms with Crippen LogP contribution < -0.4 is 10.6 Å². The first-order valence-corrected chi connectivity index (χ1v) is 9.19. The third-order valence-electron chi connectivity index (χ3n) is 3.70. The molecule has 0 aliphatic rings. The monoisotopic (exact) mass is 403 g/mol. The Labute approximate surface area is 164 Å². The van der Waals surface area contributed by atoms with Crippen LogP contribution in [-0.4, -0.2) is 16.8 Å². The minimum atomic E-state index is -0.601. The van der Waals surface area contributed by atoms with Crippen molar-refractivity contribution in [2.45, 2.75) is 13.5 Å². The second-order valence-electron chi connectivity index (χ2n) is 5.68. The number of anilines is 1. The highest BCUT2D eigenvalue weighted by Crippen LogP contribution is 2.24. The Kier molecular flexibility index (Phi) is 5.83. The van der Waals surface area contributed by atoms with E-state index < -0.39 is 11.7 Å². The molecule has 27 heavy (non-hydrogen) atoms. The van der Waals surface area contributed by atoms with Gasteiger partial charge < -0.3 is 5.32 Å². The molecule has 5 nitrogen and oxygen atoms in total. The molecule has 0 bridgehead atoms. The van der Waals surface area contributed by atoms with Crippen LogP contribution in [0.25, 0.3) is 0 Å². The van der Waals surface area contributed by atoms with Gasteiger partial charge in [-0.25, -0.2) is 9.37 Å². The van der Waals surface area contributed by atoms with Gasteiger partial charge in [-0.1, -0.05) is 53.3 Å². The number of aromatic nitrogens is 1. The molecule has 0 saturated heterocycles. The first-order valence-electron chi connectivity index (χ1n) is 8.00. The van der Waals surface area contributed by atoms with Crippen molar-refractivity contribution >= 4 is 39.9 Å². The molecule has 0 aliphatic heterocycles. The highest BCUT2D eigenvalue weighted by Gasteiger charge is 2.17. The zero-order valence-corrected chi connectivity index (χ0v) is 15.8. The zero-order chi connectivity index (χ0) is 19.4. The number of rotatable bonds is 5. The van der Waals surface area contributed by atoms with Gasteiger partial charge in [0.2, 0.25) is 0 Å². The lowest BCUT2D eigenvalue weighted by molar-refractivity contribution is 0.0953. The first kappa shape index (κ1) is 19.0. The van der Waals surface area contributed by atoms with E-state index in [1.807, 2.05) is 30.3 Å². The Balaban J connectivity index is 1.67. The molecule has 0 atom stereocenters. The quantitative estimate of drug-likeness (QED) is 0.662. The van der Waals surface area contributed by atoms with Crippen molar-refractivity contribution in [1.82, 2.24) is 10.3 Å². The summed E-state index contributed by atoms with van der Waals surface area (Å²) >= 11 is 6.77. The summed E-state index contributed by atoms with van der Waals surface area (Å²) in [6.45, 7) is 2.09. The molecular weight excluding hydrogens is 389 g/mol. The number of hydrogen-bond acceptors (Lipinski definition) is 4. The summed E-state index contributed by atoms with van der Waals surface area (Å²) in [5.74, 6) is -1.35. The van der Waals surface area contributed by atoms with E-state index in [0.717, 1.165) is 23.0 Å². The third-order valence-corrected chi connectivity index (χ3v) is 5.06. The summed E-state index contributed by atoms with van der Waals surface area (Å²) in [5.41, 5.74) is 1.69. The molecule has 138 valence electrons. The Morgan fingerprint density at radius 2 is 1.89 bits per heavy atom. The molecule has 0 saturated carbocycles. The van der Waals surface area contributed by atoms with E-state index in [-0.39, 0.29) is 21.6 Å². The van der Waals surface area contributed by atoms with E-state index in [0.29, 0.717) is 17.1 Å². The van der Waals surface area contributed by atoms with Crippen molar-refractivity contribution in [2.24, 2.45) is 0 Å². The maximum absolute atomic E-state index is 13.2. The Morgan fingerprint density at radius 1 is 1.15 bits per heavy atom. The van der Waals surface area contributed by atoms with Gasteiger partial charge in [0.25, 0.3) is 11.8 Å². The Morgan fingerprint density at radius 3 is 2.59 bits per heavy atom. The van der Waals surface area contributed by atoms with Crippen LogP contribution in [0.2, 0.25) is 5.02 Å². The number of carbonyl (C=O) groups excluding carboxylic acids is 2. The molecule has 2 amide bonds. The predicted octanol–water partition coefficient (Wildman–Crippen LogP) is 4.43. The van der Waals surface area contributed by atoms with Gasteiger partial charge in [-0.2, -0.15) is 0 Å². The van der Waals surface area contributed by atoms with Crippen LogP contribution in [0.4, 0.5) is 9.52 Å². The maximum atomic E-state index is 13.2. The van der Waals surface area contributed by atoms with E-state index in [1.165, 1.54) is 12.1 Å². The van der Waals surface area contributed by atoms with Gasteiger partial charge in [0.05, 0.1) is 10.7 Å². The molecule has 2 aromatic carbocycles. The van der Waals surface area contributed by atoms with Crippen LogP contribution in [-0.2, 0) is 6.54 Å². The molecule has 0 unspecified atom stereocenters. The SMILES string of the molecule is Cc1nc(NC(=O)c2ccc(F)c(Cl)c2)sc1C(=O)NCc1ccccc1. The van der Waals surface area contributed by atoms with E-state index in [9.17, 15) is 14.0 Å². The molecule has 3 aromatic rings. The fourth-order valence-corrected chi connectivity index (χ4v) is 3.38. The normalized spacial score (nSPS) is 10.5. The van der Waals surface area contributed by atoms with Gasteiger partial charge in [0.1, 0.15) is 10.7 Å². The lowest BCUT2D eigenvalue weighted by Gasteiger charge is -2.04. The van der Waals surface area contributed by atoms with Crippen LogP contribution in [0.5, 0.6) is 0 Å². The summed E-state index contributed by atoms with van der Waals surface area (Å²) < 4.78 is 13.2. The number of nitrogens with one attached hydrogen (secondary N) is 2. The first-order chi connectivity index (χ1) is 12.9. The molecule has 3 rings (SSSR count). The number of aryl methyl sites for hydroxylation is 1. The van der Waals surface area contributed by atoms with Gasteiger partial charge in [0, 0.05) is 12.1 Å². The number of carbonyl (C=O) groups is 2. The highest BCUT2D eigenvalue weighted by atomic mass is 35.5. The second kappa shape index (κ2) is 8.28. The summed E-state index contributed by atoms with van der Waals surface area (Å²) in [4.78, 5) is 29.3. The van der Waals surface area contributed by atoms with Gasteiger partial charge in [-0.15, -0.1) is 0 Å². The Bertz CT molecular complexity index is 992. The molecule has 0 spiro atoms. The van der Waals surface area contributed by atoms with Gasteiger partial charge >= 0.3 is 0 Å². The molecule has 0 aliphatic carbocycles. The van der Waals surface area contributed by atoms with E-state index in [2.05, 4.69) is 15.6 Å². The number of nitrogens with zero attached hydrogens (tertiary/aromatic N) is 1. The van der Waals surface area contributed by atoms with Gasteiger partial charge in [0.15, 0.2) is 5.13 Å². The predicted molar refractivity (Wildman–Crippen MR) is 104 cm³/mol. The largest absolute Gasteiger partial charge is 0.347 e. The zero-order valence-electron chi connectivity index (χ0n) is 14.3. The number of thiazole rings is 1. The fraction of sp³-hybridized carbons (Fsp3) is 0.105. The summed E-state index contributed by atoms with van der Waals surface area (Å²) in [6, 6.07) is 13.2. The molecule has 8 heteroatoms. The summed E-state index contributed by atoms with van der Waals surface area (Å²) in [5, 5.41) is 5.57. The third kappa shape index (κ3) is 4.69. The van der Waals surface area contributed by atoms with Crippen LogP contribution >= 0.6 is 22.9 Å². The average molecular weight is 404 g/mol. The topological polar surface area (TPSA) is 71.1 Å². The lowest BCUT2D eigenvalue weighted by atomic mass is 10.2. The van der Waals surface area contributed by atoms with Crippen molar-refractivity contribution in [2.75, 3.05) is 5.32 Å². The van der Waals surface area contributed by atoms with E-state index >= 15 is 0 Å². The standard InChI is InChI=1S/C19H15ClFN3O2S/c1-11-16(18(26)22-10-12-5-3-2-4-6-12)27-19(23-11)24-17(25)13-7-8-15(21)14(20)9-13/h2-9H,10H2,1H3,(H,22,26)(H,23,24,25). The molecule has 2 N–H and O–H groups in total. The fourth-order valence-electron chi connectivity index (χ4n) is 2.33. The minimum absolute atomic E-state index is 0.140. The van der Waals surface area contributed by atoms with E-state index in [4.69, 9.17) is 11.6 Å². The molecular formula is C19H15ClFN3O2S. The van der Waals surface area contributed by atoms with Crippen LogP contribution in [0.15, 0.2) is 48.5 Å². The molecule has 1 aromatic heterocycles. The molecule has 0 radical (unpaired) electrons. The second-order valence-corrected chi connectivity index (χ2v) is 7.09. The average Bonchev–Trinajstić information content (AvgIpc) is 3.03. The summed E-state index contributed by atoms with van der Waals surface area (Å²) in [7, 11) is 0. The van der Waals surface area contributed by atoms with Crippen molar-refractivity contribution in [3.8, 4) is 0 Å². The van der Waals surface area contributed by atoms with Crippen LogP contribution in [0.3, 0.4) is 0 Å². The van der Waals surface area contributed by atoms with Crippen molar-refractivity contribution in [3.05, 3.63) is 81.1 Å². The van der Waals surface area contributed by atoms with Crippen LogP contribution in [0, 0.1) is 12.7 Å². The van der Waals surface area contributed by atoms with Crippen molar-refractivity contribution in [3.63, 3.8) is 0 Å². The van der Waals surface area contributed by atoms with E-state index in [1.54, 1.807) is 6.92 Å².